The van der Waals surface area contributed by atoms with Gasteiger partial charge >= 0.3 is 0 Å². The molecular formula is C13H19O2+. The van der Waals surface area contributed by atoms with Gasteiger partial charge in [0.1, 0.15) is 0 Å². The fourth-order valence-electron chi connectivity index (χ4n) is 2.83. The summed E-state index contributed by atoms with van der Waals surface area (Å²) < 4.78 is 0. The average Bonchev–Trinajstić information content (AvgIpc) is 2.87. The summed E-state index contributed by atoms with van der Waals surface area (Å²) in [6.07, 6.45) is 6.06. The second kappa shape index (κ2) is 3.16. The van der Waals surface area contributed by atoms with Crippen LogP contribution in [0.3, 0.4) is 0 Å². The highest BCUT2D eigenvalue weighted by Gasteiger charge is 2.48. The van der Waals surface area contributed by atoms with E-state index in [4.69, 9.17) is 5.11 Å². The monoisotopic (exact) mass is 207 g/mol. The van der Waals surface area contributed by atoms with Crippen LogP contribution in [-0.4, -0.2) is 10.2 Å². The summed E-state index contributed by atoms with van der Waals surface area (Å²) in [7, 11) is 0. The van der Waals surface area contributed by atoms with Gasteiger partial charge in [0.2, 0.25) is 5.76 Å². The number of hydrogen-bond donors (Lipinski definition) is 1. The first kappa shape index (κ1) is 10.3. The quantitative estimate of drug-likeness (QED) is 0.549. The van der Waals surface area contributed by atoms with Crippen LogP contribution in [0.2, 0.25) is 0 Å². The molecule has 0 aromatic rings. The molecule has 2 aliphatic rings. The van der Waals surface area contributed by atoms with E-state index in [2.05, 4.69) is 19.9 Å². The third-order valence-electron chi connectivity index (χ3n) is 4.05. The summed E-state index contributed by atoms with van der Waals surface area (Å²) in [5, 5.41) is 17.3. The largest absolute Gasteiger partial charge is 0.591 e. The van der Waals surface area contributed by atoms with Crippen molar-refractivity contribution in [3.05, 3.63) is 34.8 Å². The van der Waals surface area contributed by atoms with Gasteiger partial charge in [0, 0.05) is 16.9 Å². The topological polar surface area (TPSA) is 43.1 Å². The van der Waals surface area contributed by atoms with Crippen molar-refractivity contribution in [2.45, 2.75) is 33.6 Å². The van der Waals surface area contributed by atoms with Crippen LogP contribution in [0.4, 0.5) is 0 Å². The second-order valence-electron chi connectivity index (χ2n) is 4.66. The molecule has 0 bridgehead atoms. The number of aliphatic hydroxyl groups excluding tert-OH is 1. The summed E-state index contributed by atoms with van der Waals surface area (Å²) in [5.41, 5.74) is 2.69. The lowest BCUT2D eigenvalue weighted by molar-refractivity contribution is 0.280. The van der Waals surface area contributed by atoms with Gasteiger partial charge in [-0.25, -0.2) is 0 Å². The molecule has 2 unspecified atom stereocenters. The Bertz CT molecular complexity index is 387. The molecule has 2 atom stereocenters. The third-order valence-corrected chi connectivity index (χ3v) is 4.05. The molecule has 2 aliphatic carbocycles. The first-order chi connectivity index (χ1) is 7.03. The molecule has 2 nitrogen and oxygen atoms in total. The molecule has 0 radical (unpaired) electrons. The molecule has 0 fully saturated rings. The van der Waals surface area contributed by atoms with Gasteiger partial charge in [0.25, 0.3) is 5.76 Å². The number of aliphatic hydroxyl groups is 1. The van der Waals surface area contributed by atoms with Gasteiger partial charge in [-0.1, -0.05) is 18.6 Å². The van der Waals surface area contributed by atoms with Crippen molar-refractivity contribution in [3.63, 3.8) is 0 Å². The molecule has 2 rings (SSSR count). The SMILES string of the molecule is CCC1(C2CC=C(O)C([OH2+])=C2C)C=C1C. The van der Waals surface area contributed by atoms with E-state index >= 15 is 0 Å². The van der Waals surface area contributed by atoms with Crippen molar-refractivity contribution in [1.29, 1.82) is 0 Å². The molecule has 0 saturated heterocycles. The zero-order valence-electron chi connectivity index (χ0n) is 9.59. The fourth-order valence-corrected chi connectivity index (χ4v) is 2.83. The van der Waals surface area contributed by atoms with Crippen LogP contribution in [0, 0.1) is 11.3 Å². The third kappa shape index (κ3) is 1.31. The summed E-state index contributed by atoms with van der Waals surface area (Å²) in [6, 6.07) is 0. The lowest BCUT2D eigenvalue weighted by atomic mass is 9.74. The van der Waals surface area contributed by atoms with E-state index in [9.17, 15) is 5.11 Å². The van der Waals surface area contributed by atoms with Gasteiger partial charge < -0.3 is 10.2 Å². The van der Waals surface area contributed by atoms with E-state index in [1.54, 1.807) is 6.08 Å². The predicted molar refractivity (Wildman–Crippen MR) is 61.6 cm³/mol. The van der Waals surface area contributed by atoms with E-state index in [-0.39, 0.29) is 11.2 Å². The molecule has 3 N–H and O–H groups in total. The maximum absolute atomic E-state index is 9.49. The van der Waals surface area contributed by atoms with Crippen molar-refractivity contribution in [1.82, 2.24) is 0 Å². The summed E-state index contributed by atoms with van der Waals surface area (Å²) in [4.78, 5) is 0. The minimum absolute atomic E-state index is 0.147. The molecule has 15 heavy (non-hydrogen) atoms. The van der Waals surface area contributed by atoms with E-state index in [0.717, 1.165) is 18.4 Å². The summed E-state index contributed by atoms with van der Waals surface area (Å²) in [6.45, 7) is 6.34. The smallest absolute Gasteiger partial charge is 0.295 e. The molecule has 82 valence electrons. The predicted octanol–water partition coefficient (Wildman–Crippen LogP) is 2.80. The number of rotatable bonds is 2. The van der Waals surface area contributed by atoms with Crippen LogP contribution in [0.25, 0.3) is 0 Å². The average molecular weight is 207 g/mol. The van der Waals surface area contributed by atoms with Gasteiger partial charge in [0.05, 0.1) is 0 Å². The van der Waals surface area contributed by atoms with Gasteiger partial charge in [0.15, 0.2) is 0 Å². The van der Waals surface area contributed by atoms with Crippen LogP contribution < -0.4 is 0 Å². The molecular weight excluding hydrogens is 188 g/mol. The standard InChI is InChI=1S/C13H18O2/c1-4-13(7-8(13)2)10-5-6-11(14)12(15)9(10)3/h6-7,10,14-15H,4-5H2,1-3H3/p+1. The maximum atomic E-state index is 9.49. The Morgan fingerprint density at radius 1 is 1.53 bits per heavy atom. The molecule has 0 saturated carbocycles. The highest BCUT2D eigenvalue weighted by molar-refractivity contribution is 5.44. The molecule has 0 aromatic carbocycles. The Hall–Kier alpha value is -1.18. The van der Waals surface area contributed by atoms with Crippen molar-refractivity contribution < 1.29 is 10.2 Å². The van der Waals surface area contributed by atoms with Crippen LogP contribution >= 0.6 is 0 Å². The van der Waals surface area contributed by atoms with Gasteiger partial charge in [-0.15, -0.1) is 0 Å². The molecule has 0 amide bonds. The molecule has 0 heterocycles. The highest BCUT2D eigenvalue weighted by Crippen LogP contribution is 2.57. The fraction of sp³-hybridized carbons (Fsp3) is 0.538. The van der Waals surface area contributed by atoms with Crippen LogP contribution in [-0.2, 0) is 0 Å². The van der Waals surface area contributed by atoms with E-state index in [1.165, 1.54) is 5.57 Å². The minimum atomic E-state index is 0.147. The Kier molecular flexibility index (Phi) is 2.18. The summed E-state index contributed by atoms with van der Waals surface area (Å²) in [5.74, 6) is 0.867. The Morgan fingerprint density at radius 3 is 2.60 bits per heavy atom. The molecule has 0 aromatic heterocycles. The van der Waals surface area contributed by atoms with Crippen molar-refractivity contribution >= 4 is 0 Å². The molecule has 0 aliphatic heterocycles. The Balaban J connectivity index is 2.28. The summed E-state index contributed by atoms with van der Waals surface area (Å²) >= 11 is 0. The zero-order valence-corrected chi connectivity index (χ0v) is 9.59. The first-order valence-electron chi connectivity index (χ1n) is 5.54. The Labute approximate surface area is 90.6 Å². The lowest BCUT2D eigenvalue weighted by Gasteiger charge is -2.29. The van der Waals surface area contributed by atoms with Crippen LogP contribution in [0.15, 0.2) is 34.8 Å². The van der Waals surface area contributed by atoms with Crippen molar-refractivity contribution in [3.8, 4) is 0 Å². The van der Waals surface area contributed by atoms with Crippen LogP contribution in [0.1, 0.15) is 33.6 Å². The lowest BCUT2D eigenvalue weighted by Crippen LogP contribution is -2.23. The van der Waals surface area contributed by atoms with E-state index in [0.29, 0.717) is 11.7 Å². The minimum Gasteiger partial charge on any atom is -0.591 e. The normalized spacial score (nSPS) is 35.0. The van der Waals surface area contributed by atoms with Crippen molar-refractivity contribution in [2.75, 3.05) is 0 Å². The van der Waals surface area contributed by atoms with Gasteiger partial charge in [-0.3, -0.25) is 0 Å². The van der Waals surface area contributed by atoms with Gasteiger partial charge in [-0.05, 0) is 32.8 Å². The zero-order chi connectivity index (χ0) is 11.2. The van der Waals surface area contributed by atoms with Crippen molar-refractivity contribution in [2.24, 2.45) is 11.3 Å². The van der Waals surface area contributed by atoms with Crippen LogP contribution in [0.5, 0.6) is 0 Å². The van der Waals surface area contributed by atoms with Gasteiger partial charge in [-0.2, -0.15) is 0 Å². The number of allylic oxidation sites excluding steroid dienone is 4. The molecule has 2 heteroatoms. The maximum Gasteiger partial charge on any atom is 0.295 e. The first-order valence-corrected chi connectivity index (χ1v) is 5.54. The number of hydrogen-bond acceptors (Lipinski definition) is 1. The molecule has 0 spiro atoms. The van der Waals surface area contributed by atoms with E-state index in [1.807, 2.05) is 6.92 Å². The Morgan fingerprint density at radius 2 is 2.13 bits per heavy atom. The van der Waals surface area contributed by atoms with E-state index < -0.39 is 0 Å². The highest BCUT2D eigenvalue weighted by atomic mass is 16.3. The second-order valence-corrected chi connectivity index (χ2v) is 4.66.